The third kappa shape index (κ3) is 4.54. The van der Waals surface area contributed by atoms with Crippen molar-refractivity contribution in [3.63, 3.8) is 0 Å². The summed E-state index contributed by atoms with van der Waals surface area (Å²) in [6, 6.07) is 13.5. The van der Waals surface area contributed by atoms with Gasteiger partial charge in [-0.1, -0.05) is 42.1 Å². The Labute approximate surface area is 200 Å². The van der Waals surface area contributed by atoms with Gasteiger partial charge in [0.1, 0.15) is 10.6 Å². The Kier molecular flexibility index (Phi) is 6.58. The Morgan fingerprint density at radius 2 is 1.94 bits per heavy atom. The Balaban J connectivity index is 1.62. The number of benzene rings is 2. The van der Waals surface area contributed by atoms with Gasteiger partial charge in [-0.15, -0.1) is 11.3 Å². The molecule has 8 heteroatoms. The second-order valence-electron chi connectivity index (χ2n) is 7.84. The number of carbonyl (C=O) groups is 1. The summed E-state index contributed by atoms with van der Waals surface area (Å²) in [5.74, 6) is 0.397. The summed E-state index contributed by atoms with van der Waals surface area (Å²) in [5.41, 5.74) is 4.78. The molecule has 0 saturated carbocycles. The number of aromatic nitrogens is 2. The van der Waals surface area contributed by atoms with Gasteiger partial charge in [0.25, 0.3) is 5.56 Å². The van der Waals surface area contributed by atoms with Gasteiger partial charge >= 0.3 is 0 Å². The van der Waals surface area contributed by atoms with Crippen molar-refractivity contribution in [2.75, 3.05) is 12.4 Å². The predicted octanol–water partition coefficient (Wildman–Crippen LogP) is 5.41. The van der Waals surface area contributed by atoms with E-state index in [0.29, 0.717) is 26.8 Å². The first-order valence-corrected chi connectivity index (χ1v) is 12.2. The summed E-state index contributed by atoms with van der Waals surface area (Å²) in [4.78, 5) is 31.5. The number of para-hydroxylation sites is 2. The van der Waals surface area contributed by atoms with Crippen molar-refractivity contribution in [3.05, 3.63) is 69.3 Å². The zero-order chi connectivity index (χ0) is 23.7. The Bertz CT molecular complexity index is 1410. The highest BCUT2D eigenvalue weighted by Crippen LogP contribution is 2.34. The first-order chi connectivity index (χ1) is 15.8. The minimum absolute atomic E-state index is 0.116. The van der Waals surface area contributed by atoms with Gasteiger partial charge in [-0.2, -0.15) is 0 Å². The highest BCUT2D eigenvalue weighted by atomic mass is 32.2. The number of amides is 1. The van der Waals surface area contributed by atoms with Crippen LogP contribution < -0.4 is 15.6 Å². The maximum Gasteiger partial charge on any atom is 0.263 e. The highest BCUT2D eigenvalue weighted by Gasteiger charge is 2.21. The molecular weight excluding hydrogens is 454 g/mol. The van der Waals surface area contributed by atoms with E-state index in [4.69, 9.17) is 9.72 Å². The fraction of sp³-hybridized carbons (Fsp3) is 0.240. The van der Waals surface area contributed by atoms with Crippen molar-refractivity contribution in [1.29, 1.82) is 0 Å². The number of anilines is 1. The quantitative estimate of drug-likeness (QED) is 0.296. The van der Waals surface area contributed by atoms with E-state index in [-0.39, 0.29) is 11.5 Å². The molecule has 1 unspecified atom stereocenters. The number of methoxy groups -OCH3 is 1. The molecule has 2 heterocycles. The fourth-order valence-corrected chi connectivity index (χ4v) is 5.34. The molecule has 0 aliphatic heterocycles. The average Bonchev–Trinajstić information content (AvgIpc) is 3.23. The van der Waals surface area contributed by atoms with Gasteiger partial charge < -0.3 is 10.1 Å². The second-order valence-corrected chi connectivity index (χ2v) is 10.0. The average molecular weight is 480 g/mol. The molecule has 6 nitrogen and oxygen atoms in total. The van der Waals surface area contributed by atoms with Gasteiger partial charge in [0.05, 0.1) is 23.4 Å². The molecule has 2 aromatic carbocycles. The molecule has 1 amide bonds. The first kappa shape index (κ1) is 23.1. The Hall–Kier alpha value is -3.10. The van der Waals surface area contributed by atoms with Crippen LogP contribution in [0, 0.1) is 13.8 Å². The molecule has 0 bridgehead atoms. The summed E-state index contributed by atoms with van der Waals surface area (Å²) < 4.78 is 6.83. The number of nitrogens with one attached hydrogen (secondary N) is 1. The molecule has 2 aromatic heterocycles. The maximum atomic E-state index is 13.3. The van der Waals surface area contributed by atoms with Crippen molar-refractivity contribution in [3.8, 4) is 16.9 Å². The van der Waals surface area contributed by atoms with E-state index in [0.717, 1.165) is 11.1 Å². The van der Waals surface area contributed by atoms with Crippen molar-refractivity contribution >= 4 is 44.9 Å². The monoisotopic (exact) mass is 479 g/mol. The van der Waals surface area contributed by atoms with E-state index in [1.165, 1.54) is 38.8 Å². The summed E-state index contributed by atoms with van der Waals surface area (Å²) >= 11 is 2.70. The largest absolute Gasteiger partial charge is 0.495 e. The van der Waals surface area contributed by atoms with E-state index < -0.39 is 5.25 Å². The Morgan fingerprint density at radius 3 is 2.67 bits per heavy atom. The molecule has 0 saturated heterocycles. The van der Waals surface area contributed by atoms with Crippen LogP contribution in [0.5, 0.6) is 5.75 Å². The zero-order valence-corrected chi connectivity index (χ0v) is 20.8. The molecule has 4 rings (SSSR count). The topological polar surface area (TPSA) is 73.2 Å². The number of aryl methyl sites for hydroxylation is 2. The van der Waals surface area contributed by atoms with Crippen LogP contribution in [-0.4, -0.2) is 27.8 Å². The fourth-order valence-electron chi connectivity index (χ4n) is 3.47. The number of ether oxygens (including phenoxy) is 1. The molecule has 0 aliphatic rings. The van der Waals surface area contributed by atoms with Gasteiger partial charge in [-0.3, -0.25) is 14.2 Å². The minimum atomic E-state index is -0.468. The number of nitrogens with zero attached hydrogens (tertiary/aromatic N) is 2. The number of fused-ring (bicyclic) bond motifs is 1. The maximum absolute atomic E-state index is 13.3. The number of carbonyl (C=O) groups excluding carboxylic acids is 1. The smallest absolute Gasteiger partial charge is 0.263 e. The number of thiophene rings is 1. The molecule has 170 valence electrons. The SMILES string of the molecule is COc1ccccc1NC(=O)C(C)Sc1nc2scc(-c3ccc(C)c(C)c3)c2c(=O)n1C. The lowest BCUT2D eigenvalue weighted by molar-refractivity contribution is -0.115. The van der Waals surface area contributed by atoms with Crippen molar-refractivity contribution in [2.45, 2.75) is 31.2 Å². The number of hydrogen-bond donors (Lipinski definition) is 1. The predicted molar refractivity (Wildman–Crippen MR) is 137 cm³/mol. The lowest BCUT2D eigenvalue weighted by Gasteiger charge is -2.15. The van der Waals surface area contributed by atoms with E-state index in [9.17, 15) is 9.59 Å². The minimum Gasteiger partial charge on any atom is -0.495 e. The third-order valence-electron chi connectivity index (χ3n) is 5.61. The summed E-state index contributed by atoms with van der Waals surface area (Å²) in [6.07, 6.45) is 0. The van der Waals surface area contributed by atoms with Crippen molar-refractivity contribution in [2.24, 2.45) is 7.05 Å². The standard InChI is InChI=1S/C25H25N3O3S2/c1-14-10-11-17(12-15(14)2)18-13-32-23-21(18)24(30)28(4)25(27-23)33-16(3)22(29)26-19-8-6-7-9-20(19)31-5/h6-13,16H,1-5H3,(H,26,29). The highest BCUT2D eigenvalue weighted by molar-refractivity contribution is 8.00. The van der Waals surface area contributed by atoms with Gasteiger partial charge in [-0.25, -0.2) is 4.98 Å². The van der Waals surface area contributed by atoms with E-state index in [1.54, 1.807) is 33.2 Å². The van der Waals surface area contributed by atoms with Crippen LogP contribution in [0.25, 0.3) is 21.3 Å². The van der Waals surface area contributed by atoms with Crippen LogP contribution in [0.2, 0.25) is 0 Å². The van der Waals surface area contributed by atoms with Crippen LogP contribution in [0.15, 0.2) is 57.8 Å². The summed E-state index contributed by atoms with van der Waals surface area (Å²) in [5, 5.41) is 5.52. The number of rotatable bonds is 6. The molecule has 0 aliphatic carbocycles. The summed E-state index contributed by atoms with van der Waals surface area (Å²) in [6.45, 7) is 5.93. The van der Waals surface area contributed by atoms with Crippen LogP contribution in [-0.2, 0) is 11.8 Å². The lowest BCUT2D eigenvalue weighted by Crippen LogP contribution is -2.25. The third-order valence-corrected chi connectivity index (χ3v) is 7.62. The molecule has 33 heavy (non-hydrogen) atoms. The van der Waals surface area contributed by atoms with Crippen LogP contribution >= 0.6 is 23.1 Å². The van der Waals surface area contributed by atoms with Gasteiger partial charge in [0.2, 0.25) is 5.91 Å². The van der Waals surface area contributed by atoms with Crippen molar-refractivity contribution in [1.82, 2.24) is 9.55 Å². The van der Waals surface area contributed by atoms with E-state index in [1.807, 2.05) is 23.6 Å². The van der Waals surface area contributed by atoms with E-state index >= 15 is 0 Å². The zero-order valence-electron chi connectivity index (χ0n) is 19.1. The van der Waals surface area contributed by atoms with Gasteiger partial charge in [0, 0.05) is 18.0 Å². The summed E-state index contributed by atoms with van der Waals surface area (Å²) in [7, 11) is 3.26. The molecule has 4 aromatic rings. The molecular formula is C25H25N3O3S2. The normalized spacial score (nSPS) is 12.0. The molecule has 0 fully saturated rings. The number of thioether (sulfide) groups is 1. The molecule has 1 N–H and O–H groups in total. The van der Waals surface area contributed by atoms with Crippen LogP contribution in [0.4, 0.5) is 5.69 Å². The molecule has 0 radical (unpaired) electrons. The molecule has 1 atom stereocenters. The number of hydrogen-bond acceptors (Lipinski definition) is 6. The van der Waals surface area contributed by atoms with Gasteiger partial charge in [-0.05, 0) is 49.6 Å². The van der Waals surface area contributed by atoms with Gasteiger partial charge in [0.15, 0.2) is 5.16 Å². The van der Waals surface area contributed by atoms with Crippen molar-refractivity contribution < 1.29 is 9.53 Å². The van der Waals surface area contributed by atoms with Crippen LogP contribution in [0.1, 0.15) is 18.1 Å². The molecule has 0 spiro atoms. The van der Waals surface area contributed by atoms with Crippen LogP contribution in [0.3, 0.4) is 0 Å². The Morgan fingerprint density at radius 1 is 1.18 bits per heavy atom. The second kappa shape index (κ2) is 9.41. The lowest BCUT2D eigenvalue weighted by atomic mass is 10.0. The van der Waals surface area contributed by atoms with E-state index in [2.05, 4.69) is 31.3 Å². The first-order valence-electron chi connectivity index (χ1n) is 10.5.